The van der Waals surface area contributed by atoms with E-state index in [0.29, 0.717) is 23.3 Å². The molecule has 150 valence electrons. The first-order valence-electron chi connectivity index (χ1n) is 8.22. The maximum Gasteiger partial charge on any atom is 0.254 e. The summed E-state index contributed by atoms with van der Waals surface area (Å²) in [6, 6.07) is 6.39. The second kappa shape index (κ2) is 9.12. The summed E-state index contributed by atoms with van der Waals surface area (Å²) < 4.78 is 50.4. The molecule has 0 unspecified atom stereocenters. The van der Waals surface area contributed by atoms with Crippen molar-refractivity contribution in [2.75, 3.05) is 32.2 Å². The van der Waals surface area contributed by atoms with Crippen molar-refractivity contribution in [2.24, 2.45) is 0 Å². The van der Waals surface area contributed by atoms with Crippen molar-refractivity contribution in [3.8, 4) is 11.5 Å². The second-order valence-corrected chi connectivity index (χ2v) is 5.69. The quantitative estimate of drug-likeness (QED) is 0.731. The molecule has 2 aromatic rings. The lowest BCUT2D eigenvalue weighted by molar-refractivity contribution is -0.116. The van der Waals surface area contributed by atoms with E-state index in [-0.39, 0.29) is 19.0 Å². The number of hydrogen-bond acceptors (Lipinski definition) is 4. The molecule has 2 rings (SSSR count). The molecule has 0 bridgehead atoms. The second-order valence-electron chi connectivity index (χ2n) is 5.69. The lowest BCUT2D eigenvalue weighted by Crippen LogP contribution is -2.38. The van der Waals surface area contributed by atoms with Crippen molar-refractivity contribution in [2.45, 2.75) is 6.92 Å². The fourth-order valence-electron chi connectivity index (χ4n) is 2.53. The molecule has 0 atom stereocenters. The number of ether oxygens (including phenoxy) is 2. The van der Waals surface area contributed by atoms with E-state index in [2.05, 4.69) is 5.32 Å². The maximum atomic E-state index is 13.7. The van der Waals surface area contributed by atoms with E-state index >= 15 is 0 Å². The van der Waals surface area contributed by atoms with Gasteiger partial charge in [-0.3, -0.25) is 9.59 Å². The number of hydrogen-bond donors (Lipinski definition) is 1. The molecule has 28 heavy (non-hydrogen) atoms. The Morgan fingerprint density at radius 1 is 1.04 bits per heavy atom. The monoisotopic (exact) mass is 396 g/mol. The minimum atomic E-state index is -1.72. The molecule has 2 amide bonds. The first-order chi connectivity index (χ1) is 13.3. The Kier molecular flexibility index (Phi) is 6.86. The number of methoxy groups -OCH3 is 2. The first-order valence-corrected chi connectivity index (χ1v) is 8.22. The molecule has 0 saturated carbocycles. The molecule has 0 radical (unpaired) electrons. The van der Waals surface area contributed by atoms with E-state index in [0.717, 1.165) is 6.07 Å². The molecule has 0 aliphatic heterocycles. The van der Waals surface area contributed by atoms with Gasteiger partial charge in [0.05, 0.1) is 25.5 Å². The molecular formula is C19H19F3N2O4. The normalized spacial score (nSPS) is 10.4. The Bertz CT molecular complexity index is 890. The average Bonchev–Trinajstić information content (AvgIpc) is 2.68. The Balaban J connectivity index is 2.14. The number of anilines is 1. The zero-order chi connectivity index (χ0) is 20.8. The van der Waals surface area contributed by atoms with Gasteiger partial charge in [0.1, 0.15) is 11.5 Å². The standard InChI is InChI=1S/C19H19F3N2O4/c1-11(25)24(15-10-12(27-2)4-7-16(15)28-3)9-8-23-19(26)13-5-6-14(20)18(22)17(13)21/h4-7,10H,8-9H2,1-3H3,(H,23,26). The number of rotatable bonds is 7. The van der Waals surface area contributed by atoms with Crippen LogP contribution < -0.4 is 19.7 Å². The van der Waals surface area contributed by atoms with Crippen LogP contribution in [0.1, 0.15) is 17.3 Å². The van der Waals surface area contributed by atoms with E-state index in [9.17, 15) is 22.8 Å². The van der Waals surface area contributed by atoms with Gasteiger partial charge in [-0.25, -0.2) is 13.2 Å². The Morgan fingerprint density at radius 3 is 2.36 bits per heavy atom. The summed E-state index contributed by atoms with van der Waals surface area (Å²) in [7, 11) is 2.91. The highest BCUT2D eigenvalue weighted by molar-refractivity contribution is 5.95. The van der Waals surface area contributed by atoms with Gasteiger partial charge in [-0.2, -0.15) is 0 Å². The lowest BCUT2D eigenvalue weighted by Gasteiger charge is -2.24. The minimum Gasteiger partial charge on any atom is -0.497 e. The summed E-state index contributed by atoms with van der Waals surface area (Å²) in [4.78, 5) is 25.4. The van der Waals surface area contributed by atoms with Gasteiger partial charge in [-0.05, 0) is 24.3 Å². The number of benzene rings is 2. The Hall–Kier alpha value is -3.23. The zero-order valence-corrected chi connectivity index (χ0v) is 15.5. The molecule has 1 N–H and O–H groups in total. The Labute approximate surface area is 159 Å². The highest BCUT2D eigenvalue weighted by atomic mass is 19.2. The third-order valence-corrected chi connectivity index (χ3v) is 3.96. The van der Waals surface area contributed by atoms with E-state index < -0.39 is 28.9 Å². The largest absolute Gasteiger partial charge is 0.497 e. The Morgan fingerprint density at radius 2 is 1.75 bits per heavy atom. The van der Waals surface area contributed by atoms with Gasteiger partial charge < -0.3 is 19.7 Å². The molecule has 0 spiro atoms. The molecule has 0 saturated heterocycles. The number of nitrogens with one attached hydrogen (secondary N) is 1. The lowest BCUT2D eigenvalue weighted by atomic mass is 10.2. The fraction of sp³-hybridized carbons (Fsp3) is 0.263. The molecule has 0 aromatic heterocycles. The van der Waals surface area contributed by atoms with E-state index in [1.54, 1.807) is 18.2 Å². The van der Waals surface area contributed by atoms with Crippen LogP contribution in [-0.4, -0.2) is 39.1 Å². The summed E-state index contributed by atoms with van der Waals surface area (Å²) in [5, 5.41) is 2.37. The topological polar surface area (TPSA) is 67.9 Å². The number of amides is 2. The number of carbonyl (C=O) groups excluding carboxylic acids is 2. The van der Waals surface area contributed by atoms with Gasteiger partial charge in [0.15, 0.2) is 17.5 Å². The van der Waals surface area contributed by atoms with Gasteiger partial charge >= 0.3 is 0 Å². The molecule has 0 aliphatic rings. The third-order valence-electron chi connectivity index (χ3n) is 3.96. The summed E-state index contributed by atoms with van der Waals surface area (Å²) in [5.74, 6) is -5.04. The van der Waals surface area contributed by atoms with Crippen LogP contribution in [0, 0.1) is 17.5 Å². The van der Waals surface area contributed by atoms with E-state index in [1.165, 1.54) is 26.0 Å². The third kappa shape index (κ3) is 4.54. The molecular weight excluding hydrogens is 377 g/mol. The summed E-state index contributed by atoms with van der Waals surface area (Å²) in [5.41, 5.74) is -0.213. The van der Waals surface area contributed by atoms with Gasteiger partial charge in [0.2, 0.25) is 5.91 Å². The molecule has 9 heteroatoms. The number of halogens is 3. The smallest absolute Gasteiger partial charge is 0.254 e. The van der Waals surface area contributed by atoms with Crippen molar-refractivity contribution >= 4 is 17.5 Å². The zero-order valence-electron chi connectivity index (χ0n) is 15.5. The van der Waals surface area contributed by atoms with Crippen LogP contribution in [0.15, 0.2) is 30.3 Å². The SMILES string of the molecule is COc1ccc(OC)c(N(CCNC(=O)c2ccc(F)c(F)c2F)C(C)=O)c1. The first kappa shape index (κ1) is 21.1. The van der Waals surface area contributed by atoms with E-state index in [1.807, 2.05) is 0 Å². The van der Waals surface area contributed by atoms with Gasteiger partial charge in [0, 0.05) is 26.1 Å². The molecule has 6 nitrogen and oxygen atoms in total. The van der Waals surface area contributed by atoms with Crippen molar-refractivity contribution in [1.29, 1.82) is 0 Å². The van der Waals surface area contributed by atoms with Gasteiger partial charge in [-0.1, -0.05) is 0 Å². The minimum absolute atomic E-state index is 0.0237. The van der Waals surface area contributed by atoms with Crippen LogP contribution in [0.4, 0.5) is 18.9 Å². The predicted molar refractivity (Wildman–Crippen MR) is 96.2 cm³/mol. The number of carbonyl (C=O) groups is 2. The highest BCUT2D eigenvalue weighted by Crippen LogP contribution is 2.32. The highest BCUT2D eigenvalue weighted by Gasteiger charge is 2.20. The van der Waals surface area contributed by atoms with Crippen LogP contribution >= 0.6 is 0 Å². The number of nitrogens with zero attached hydrogens (tertiary/aromatic N) is 1. The molecule has 0 fully saturated rings. The van der Waals surface area contributed by atoms with Crippen LogP contribution in [0.25, 0.3) is 0 Å². The van der Waals surface area contributed by atoms with E-state index in [4.69, 9.17) is 9.47 Å². The maximum absolute atomic E-state index is 13.7. The van der Waals surface area contributed by atoms with Crippen LogP contribution in [0.3, 0.4) is 0 Å². The average molecular weight is 396 g/mol. The fourth-order valence-corrected chi connectivity index (χ4v) is 2.53. The predicted octanol–water partition coefficient (Wildman–Crippen LogP) is 2.90. The van der Waals surface area contributed by atoms with Crippen molar-refractivity contribution in [3.05, 3.63) is 53.3 Å². The summed E-state index contributed by atoms with van der Waals surface area (Å²) >= 11 is 0. The summed E-state index contributed by atoms with van der Waals surface area (Å²) in [6.07, 6.45) is 0. The van der Waals surface area contributed by atoms with Crippen molar-refractivity contribution in [3.63, 3.8) is 0 Å². The molecule has 0 heterocycles. The molecule has 2 aromatic carbocycles. The van der Waals surface area contributed by atoms with Crippen LogP contribution in [0.2, 0.25) is 0 Å². The van der Waals surface area contributed by atoms with Crippen molar-refractivity contribution in [1.82, 2.24) is 5.32 Å². The molecule has 0 aliphatic carbocycles. The van der Waals surface area contributed by atoms with Crippen LogP contribution in [0.5, 0.6) is 11.5 Å². The van der Waals surface area contributed by atoms with Crippen molar-refractivity contribution < 1.29 is 32.2 Å². The van der Waals surface area contributed by atoms with Gasteiger partial charge in [0.25, 0.3) is 5.91 Å². The van der Waals surface area contributed by atoms with Gasteiger partial charge in [-0.15, -0.1) is 0 Å². The van der Waals surface area contributed by atoms with Crippen LogP contribution in [-0.2, 0) is 4.79 Å². The summed E-state index contributed by atoms with van der Waals surface area (Å²) in [6.45, 7) is 1.28.